The van der Waals surface area contributed by atoms with E-state index >= 15 is 0 Å². The predicted octanol–water partition coefficient (Wildman–Crippen LogP) is 7.96. The average Bonchev–Trinajstić information content (AvgIpc) is 2.99. The molecule has 0 aliphatic heterocycles. The van der Waals surface area contributed by atoms with Crippen molar-refractivity contribution < 1.29 is 22.6 Å². The maximum absolute atomic E-state index is 13.8. The molecule has 3 N–H and O–H groups in total. The number of aryl methyl sites for hydroxylation is 1. The van der Waals surface area contributed by atoms with Crippen LogP contribution in [0.15, 0.2) is 97.1 Å². The zero-order valence-corrected chi connectivity index (χ0v) is 28.0. The van der Waals surface area contributed by atoms with Gasteiger partial charge in [-0.2, -0.15) is 8.42 Å². The number of hydrogen-bond donors (Lipinski definition) is 3. The fourth-order valence-electron chi connectivity index (χ4n) is 4.88. The van der Waals surface area contributed by atoms with E-state index in [1.165, 1.54) is 0 Å². The summed E-state index contributed by atoms with van der Waals surface area (Å²) in [7, 11) is -4.17. The SMILES string of the molecule is Cc1cc(Cl)ccc1-c1ccc(NC(=O)[C@@H](Cc2ccc(C(=O)NCCS(=O)(=O)O)cc2)c2ccc(/C=C/C(C)(C)C)cc2)cc1. The van der Waals surface area contributed by atoms with E-state index in [1.807, 2.05) is 73.7 Å². The second kappa shape index (κ2) is 14.9. The van der Waals surface area contributed by atoms with Crippen LogP contribution < -0.4 is 10.6 Å². The first-order valence-corrected chi connectivity index (χ1v) is 16.9. The molecule has 0 radical (unpaired) electrons. The Morgan fingerprint density at radius 1 is 0.913 bits per heavy atom. The Hall–Kier alpha value is -4.24. The molecule has 1 atom stereocenters. The lowest BCUT2D eigenvalue weighted by molar-refractivity contribution is -0.117. The lowest BCUT2D eigenvalue weighted by Crippen LogP contribution is -2.28. The quantitative estimate of drug-likeness (QED) is 0.142. The number of carbonyl (C=O) groups is 2. The number of benzene rings is 4. The van der Waals surface area contributed by atoms with Crippen LogP contribution in [0.2, 0.25) is 5.02 Å². The number of hydrogen-bond acceptors (Lipinski definition) is 4. The minimum atomic E-state index is -4.17. The molecule has 7 nitrogen and oxygen atoms in total. The molecule has 4 rings (SSSR count). The molecular weight excluding hydrogens is 620 g/mol. The lowest BCUT2D eigenvalue weighted by Gasteiger charge is -2.19. The Kier molecular flexibility index (Phi) is 11.2. The molecule has 0 heterocycles. The topological polar surface area (TPSA) is 113 Å². The van der Waals surface area contributed by atoms with Crippen LogP contribution in [0.25, 0.3) is 17.2 Å². The van der Waals surface area contributed by atoms with Crippen molar-refractivity contribution in [2.24, 2.45) is 5.41 Å². The molecule has 9 heteroatoms. The Balaban J connectivity index is 1.54. The van der Waals surface area contributed by atoms with Gasteiger partial charge in [0.1, 0.15) is 0 Å². The number of halogens is 1. The van der Waals surface area contributed by atoms with Gasteiger partial charge in [-0.3, -0.25) is 14.1 Å². The van der Waals surface area contributed by atoms with E-state index < -0.39 is 27.7 Å². The molecule has 0 fully saturated rings. The van der Waals surface area contributed by atoms with Crippen molar-refractivity contribution in [3.05, 3.63) is 130 Å². The molecule has 4 aromatic rings. The highest BCUT2D eigenvalue weighted by atomic mass is 35.5. The number of allylic oxidation sites excluding steroid dienone is 1. The van der Waals surface area contributed by atoms with Crippen LogP contribution in [-0.4, -0.2) is 37.1 Å². The number of rotatable bonds is 11. The summed E-state index contributed by atoms with van der Waals surface area (Å²) in [6.45, 7) is 8.21. The third kappa shape index (κ3) is 10.4. The molecule has 4 aromatic carbocycles. The highest BCUT2D eigenvalue weighted by Crippen LogP contribution is 2.29. The monoisotopic (exact) mass is 658 g/mol. The van der Waals surface area contributed by atoms with E-state index in [0.29, 0.717) is 22.7 Å². The van der Waals surface area contributed by atoms with Crippen molar-refractivity contribution in [3.8, 4) is 11.1 Å². The van der Waals surface area contributed by atoms with Gasteiger partial charge in [-0.15, -0.1) is 0 Å². The van der Waals surface area contributed by atoms with Gasteiger partial charge in [0.2, 0.25) is 5.91 Å². The van der Waals surface area contributed by atoms with Crippen molar-refractivity contribution in [2.75, 3.05) is 17.6 Å². The maximum Gasteiger partial charge on any atom is 0.266 e. The van der Waals surface area contributed by atoms with E-state index in [-0.39, 0.29) is 17.9 Å². The summed E-state index contributed by atoms with van der Waals surface area (Å²) in [4.78, 5) is 26.2. The van der Waals surface area contributed by atoms with Crippen LogP contribution in [0.1, 0.15) is 59.3 Å². The summed E-state index contributed by atoms with van der Waals surface area (Å²) in [5, 5.41) is 6.24. The molecule has 0 saturated carbocycles. The summed E-state index contributed by atoms with van der Waals surface area (Å²) >= 11 is 6.13. The van der Waals surface area contributed by atoms with Crippen LogP contribution in [0.4, 0.5) is 5.69 Å². The molecule has 0 aliphatic carbocycles. The van der Waals surface area contributed by atoms with E-state index in [4.69, 9.17) is 16.2 Å². The van der Waals surface area contributed by atoms with Crippen molar-refractivity contribution >= 4 is 45.3 Å². The van der Waals surface area contributed by atoms with Crippen molar-refractivity contribution in [2.45, 2.75) is 40.0 Å². The van der Waals surface area contributed by atoms with E-state index in [2.05, 4.69) is 43.6 Å². The highest BCUT2D eigenvalue weighted by Gasteiger charge is 2.22. The van der Waals surface area contributed by atoms with Gasteiger partial charge in [0.05, 0.1) is 11.7 Å². The first kappa shape index (κ1) is 34.6. The van der Waals surface area contributed by atoms with Gasteiger partial charge in [-0.05, 0) is 88.5 Å². The summed E-state index contributed by atoms with van der Waals surface area (Å²) in [6, 6.07) is 28.2. The molecule has 0 unspecified atom stereocenters. The van der Waals surface area contributed by atoms with Gasteiger partial charge in [0, 0.05) is 22.8 Å². The minimum absolute atomic E-state index is 0.0441. The molecule has 0 spiro atoms. The molecule has 2 amide bonds. The summed E-state index contributed by atoms with van der Waals surface area (Å²) in [6.07, 6.45) is 4.60. The number of amides is 2. The van der Waals surface area contributed by atoms with Crippen LogP contribution >= 0.6 is 11.6 Å². The molecule has 0 aliphatic rings. The molecule has 0 saturated heterocycles. The predicted molar refractivity (Wildman–Crippen MR) is 187 cm³/mol. The third-order valence-electron chi connectivity index (χ3n) is 7.38. The smallest absolute Gasteiger partial charge is 0.266 e. The second-order valence-electron chi connectivity index (χ2n) is 12.4. The van der Waals surface area contributed by atoms with Gasteiger partial charge >= 0.3 is 0 Å². The van der Waals surface area contributed by atoms with E-state index in [9.17, 15) is 18.0 Å². The molecule has 240 valence electrons. The van der Waals surface area contributed by atoms with Crippen molar-refractivity contribution in [3.63, 3.8) is 0 Å². The first-order valence-electron chi connectivity index (χ1n) is 15.0. The van der Waals surface area contributed by atoms with Gasteiger partial charge in [0.25, 0.3) is 16.0 Å². The Morgan fingerprint density at radius 3 is 2.15 bits per heavy atom. The van der Waals surface area contributed by atoms with Crippen LogP contribution in [0.5, 0.6) is 0 Å². The largest absolute Gasteiger partial charge is 0.351 e. The number of carbonyl (C=O) groups excluding carboxylic acids is 2. The lowest BCUT2D eigenvalue weighted by atomic mass is 9.89. The zero-order valence-electron chi connectivity index (χ0n) is 26.4. The molecule has 46 heavy (non-hydrogen) atoms. The maximum atomic E-state index is 13.8. The summed E-state index contributed by atoms with van der Waals surface area (Å²) in [5.74, 6) is -1.71. The number of nitrogens with one attached hydrogen (secondary N) is 2. The molecular formula is C37H39ClN2O5S. The standard InChI is InChI=1S/C37H39ClN2O5S/c1-25-23-31(38)15-18-33(25)28-13-16-32(17-14-28)40-36(42)34(29-9-5-26(6-10-29)19-20-37(2,3)4)24-27-7-11-30(12-8-27)35(41)39-21-22-46(43,44)45/h5-20,23,34H,21-22,24H2,1-4H3,(H,39,41)(H,40,42)(H,43,44,45)/b20-19+/t34-/m0/s1. The van der Waals surface area contributed by atoms with Crippen LogP contribution in [-0.2, 0) is 21.3 Å². The molecule has 0 bridgehead atoms. The molecule has 0 aromatic heterocycles. The minimum Gasteiger partial charge on any atom is -0.351 e. The highest BCUT2D eigenvalue weighted by molar-refractivity contribution is 7.85. The van der Waals surface area contributed by atoms with E-state index in [1.54, 1.807) is 24.3 Å². The summed E-state index contributed by atoms with van der Waals surface area (Å²) < 4.78 is 30.8. The van der Waals surface area contributed by atoms with Gasteiger partial charge in [-0.25, -0.2) is 0 Å². The van der Waals surface area contributed by atoms with Crippen molar-refractivity contribution in [1.82, 2.24) is 5.32 Å². The summed E-state index contributed by atoms with van der Waals surface area (Å²) in [5.41, 5.74) is 6.94. The normalized spacial score (nSPS) is 12.6. The third-order valence-corrected chi connectivity index (χ3v) is 8.34. The Labute approximate surface area is 276 Å². The second-order valence-corrected chi connectivity index (χ2v) is 14.4. The van der Waals surface area contributed by atoms with E-state index in [0.717, 1.165) is 33.4 Å². The van der Waals surface area contributed by atoms with Gasteiger partial charge in [-0.1, -0.05) is 99.1 Å². The number of anilines is 1. The van der Waals surface area contributed by atoms with Crippen LogP contribution in [0.3, 0.4) is 0 Å². The fraction of sp³-hybridized carbons (Fsp3) is 0.243. The zero-order chi connectivity index (χ0) is 33.5. The van der Waals surface area contributed by atoms with Crippen molar-refractivity contribution in [1.29, 1.82) is 0 Å². The van der Waals surface area contributed by atoms with Gasteiger partial charge in [0.15, 0.2) is 0 Å². The fourth-order valence-corrected chi connectivity index (χ4v) is 5.47. The Morgan fingerprint density at radius 2 is 1.57 bits per heavy atom. The average molecular weight is 659 g/mol. The van der Waals surface area contributed by atoms with Gasteiger partial charge < -0.3 is 10.6 Å². The Bertz CT molecular complexity index is 1810. The first-order chi connectivity index (χ1) is 21.7. The van der Waals surface area contributed by atoms with Crippen LogP contribution in [0, 0.1) is 12.3 Å².